The number of aryl methyl sites for hydroxylation is 1. The maximum absolute atomic E-state index is 9.73. The molecule has 0 radical (unpaired) electrons. The zero-order valence-corrected chi connectivity index (χ0v) is 21.8. The molecule has 1 fully saturated rings. The van der Waals surface area contributed by atoms with E-state index < -0.39 is 0 Å². The molecule has 0 saturated carbocycles. The van der Waals surface area contributed by atoms with E-state index in [1.165, 1.54) is 37.7 Å². The van der Waals surface area contributed by atoms with E-state index in [2.05, 4.69) is 44.5 Å². The number of fused-ring (bicyclic) bond motifs is 1. The monoisotopic (exact) mass is 520 g/mol. The molecule has 178 valence electrons. The van der Waals surface area contributed by atoms with Crippen molar-refractivity contribution in [2.24, 2.45) is 7.05 Å². The lowest BCUT2D eigenvalue weighted by Gasteiger charge is -2.11. The van der Waals surface area contributed by atoms with Crippen molar-refractivity contribution in [1.82, 2.24) is 19.4 Å². The zero-order valence-electron chi connectivity index (χ0n) is 19.4. The topological polar surface area (TPSA) is 69.8 Å². The molecule has 0 atom stereocenters. The molecular formula is C26H25ClN6S2. The van der Waals surface area contributed by atoms with Crippen LogP contribution in [0.4, 0.5) is 11.4 Å². The van der Waals surface area contributed by atoms with Gasteiger partial charge in [0.2, 0.25) is 0 Å². The molecule has 1 N–H and O–H groups in total. The van der Waals surface area contributed by atoms with Crippen molar-refractivity contribution in [3.05, 3.63) is 64.4 Å². The first-order valence-electron chi connectivity index (χ1n) is 11.5. The molecule has 0 unspecified atom stereocenters. The zero-order chi connectivity index (χ0) is 24.2. The number of hydrogen-bond acceptors (Lipinski definition) is 7. The summed E-state index contributed by atoms with van der Waals surface area (Å²) in [5, 5.41) is 14.6. The molecule has 4 heterocycles. The first-order valence-corrected chi connectivity index (χ1v) is 13.5. The number of halogens is 1. The van der Waals surface area contributed by atoms with Gasteiger partial charge in [-0.1, -0.05) is 29.4 Å². The van der Waals surface area contributed by atoms with Crippen LogP contribution in [-0.4, -0.2) is 39.1 Å². The summed E-state index contributed by atoms with van der Waals surface area (Å²) in [4.78, 5) is 13.4. The largest absolute Gasteiger partial charge is 0.353 e. The molecule has 0 spiro atoms. The highest BCUT2D eigenvalue weighted by Gasteiger charge is 2.14. The van der Waals surface area contributed by atoms with Gasteiger partial charge in [0, 0.05) is 47.6 Å². The fourth-order valence-corrected chi connectivity index (χ4v) is 6.26. The van der Waals surface area contributed by atoms with Crippen LogP contribution in [0.3, 0.4) is 0 Å². The van der Waals surface area contributed by atoms with E-state index in [9.17, 15) is 5.26 Å². The Balaban J connectivity index is 1.35. The highest BCUT2D eigenvalue weighted by Crippen LogP contribution is 2.38. The van der Waals surface area contributed by atoms with Crippen molar-refractivity contribution in [3.8, 4) is 6.07 Å². The second-order valence-corrected chi connectivity index (χ2v) is 11.0. The number of benzene rings is 1. The fourth-order valence-electron chi connectivity index (χ4n) is 4.10. The van der Waals surface area contributed by atoms with Crippen LogP contribution in [0.1, 0.15) is 29.7 Å². The van der Waals surface area contributed by atoms with Gasteiger partial charge in [0.25, 0.3) is 0 Å². The molecule has 5 rings (SSSR count). The van der Waals surface area contributed by atoms with Gasteiger partial charge < -0.3 is 14.8 Å². The van der Waals surface area contributed by atoms with Gasteiger partial charge in [-0.15, -0.1) is 11.3 Å². The van der Waals surface area contributed by atoms with Crippen LogP contribution < -0.4 is 5.32 Å². The van der Waals surface area contributed by atoms with Crippen LogP contribution in [0.15, 0.2) is 59.0 Å². The standard InChI is InChI=1S/C26H25ClN6S2/c1-32-13-9-29-26(32)35-23-8-7-19(14-21(23)27)31-24-18(16-28)17-30-22-15-20(34-25(22)24)6-2-3-10-33-11-4-5-12-33/h2,6-9,13-15,17H,3-5,10-12H2,1H3,(H,30,31). The highest BCUT2D eigenvalue weighted by atomic mass is 35.5. The average Bonchev–Trinajstić information content (AvgIpc) is 3.60. The highest BCUT2D eigenvalue weighted by molar-refractivity contribution is 7.99. The van der Waals surface area contributed by atoms with Crippen LogP contribution in [0, 0.1) is 11.3 Å². The average molecular weight is 521 g/mol. The molecule has 3 aromatic heterocycles. The van der Waals surface area contributed by atoms with E-state index in [4.69, 9.17) is 11.6 Å². The summed E-state index contributed by atoms with van der Waals surface area (Å²) in [5.74, 6) is 0. The van der Waals surface area contributed by atoms with Crippen LogP contribution in [0.5, 0.6) is 0 Å². The number of likely N-dealkylation sites (tertiary alicyclic amines) is 1. The van der Waals surface area contributed by atoms with Crippen molar-refractivity contribution in [2.45, 2.75) is 29.3 Å². The minimum absolute atomic E-state index is 0.506. The Bertz CT molecular complexity index is 1410. The van der Waals surface area contributed by atoms with Crippen molar-refractivity contribution in [3.63, 3.8) is 0 Å². The second-order valence-electron chi connectivity index (χ2n) is 8.45. The van der Waals surface area contributed by atoms with Crippen molar-refractivity contribution < 1.29 is 0 Å². The van der Waals surface area contributed by atoms with E-state index in [1.54, 1.807) is 23.7 Å². The maximum Gasteiger partial charge on any atom is 0.172 e. The minimum Gasteiger partial charge on any atom is -0.353 e. The third-order valence-electron chi connectivity index (χ3n) is 5.95. The predicted octanol–water partition coefficient (Wildman–Crippen LogP) is 6.95. The molecule has 1 aliphatic rings. The summed E-state index contributed by atoms with van der Waals surface area (Å²) in [7, 11) is 1.95. The summed E-state index contributed by atoms with van der Waals surface area (Å²) in [6, 6.07) is 10.2. The Kier molecular flexibility index (Phi) is 7.40. The number of aromatic nitrogens is 3. The van der Waals surface area contributed by atoms with Crippen LogP contribution in [-0.2, 0) is 7.05 Å². The van der Waals surface area contributed by atoms with Gasteiger partial charge in [-0.2, -0.15) is 5.26 Å². The molecule has 0 amide bonds. The summed E-state index contributed by atoms with van der Waals surface area (Å²) in [6.07, 6.45) is 13.4. The van der Waals surface area contributed by atoms with Crippen LogP contribution in [0.25, 0.3) is 16.3 Å². The lowest BCUT2D eigenvalue weighted by molar-refractivity contribution is 0.346. The number of nitrogens with one attached hydrogen (secondary N) is 1. The van der Waals surface area contributed by atoms with Crippen molar-refractivity contribution >= 4 is 62.4 Å². The molecule has 0 bridgehead atoms. The van der Waals surface area contributed by atoms with Gasteiger partial charge in [-0.25, -0.2) is 4.98 Å². The fraction of sp³-hybridized carbons (Fsp3) is 0.269. The molecule has 9 heteroatoms. The third kappa shape index (κ3) is 5.54. The van der Waals surface area contributed by atoms with Gasteiger partial charge in [0.15, 0.2) is 5.16 Å². The summed E-state index contributed by atoms with van der Waals surface area (Å²) >= 11 is 9.75. The second kappa shape index (κ2) is 10.8. The summed E-state index contributed by atoms with van der Waals surface area (Å²) in [6.45, 7) is 3.55. The lowest BCUT2D eigenvalue weighted by Crippen LogP contribution is -2.19. The Morgan fingerprint density at radius 2 is 2.11 bits per heavy atom. The summed E-state index contributed by atoms with van der Waals surface area (Å²) in [5.41, 5.74) is 2.97. The van der Waals surface area contributed by atoms with Gasteiger partial charge in [0.05, 0.1) is 26.5 Å². The number of nitrogens with zero attached hydrogens (tertiary/aromatic N) is 5. The van der Waals surface area contributed by atoms with E-state index in [0.29, 0.717) is 10.6 Å². The quantitative estimate of drug-likeness (QED) is 0.271. The SMILES string of the molecule is Cn1ccnc1Sc1ccc(Nc2c(C#N)cnc3cc(C=CCCN4CCCC4)sc23)cc1Cl. The number of nitriles is 1. The molecule has 1 aromatic carbocycles. The summed E-state index contributed by atoms with van der Waals surface area (Å²) < 4.78 is 2.92. The van der Waals surface area contributed by atoms with Gasteiger partial charge >= 0.3 is 0 Å². The number of thiophene rings is 1. The number of imidazole rings is 1. The van der Waals surface area contributed by atoms with E-state index in [1.807, 2.05) is 36.0 Å². The van der Waals surface area contributed by atoms with Crippen molar-refractivity contribution in [1.29, 1.82) is 5.26 Å². The lowest BCUT2D eigenvalue weighted by atomic mass is 10.2. The smallest absolute Gasteiger partial charge is 0.172 e. The number of pyridine rings is 1. The first-order chi connectivity index (χ1) is 17.1. The van der Waals surface area contributed by atoms with E-state index in [0.717, 1.165) is 49.5 Å². The Morgan fingerprint density at radius 1 is 1.26 bits per heavy atom. The number of anilines is 2. The van der Waals surface area contributed by atoms with Crippen molar-refractivity contribution in [2.75, 3.05) is 25.0 Å². The Labute approximate surface area is 218 Å². The van der Waals surface area contributed by atoms with Gasteiger partial charge in [0.1, 0.15) is 6.07 Å². The molecule has 6 nitrogen and oxygen atoms in total. The molecular weight excluding hydrogens is 496 g/mol. The minimum atomic E-state index is 0.506. The Hall–Kier alpha value is -2.83. The van der Waals surface area contributed by atoms with Gasteiger partial charge in [-0.3, -0.25) is 4.98 Å². The number of rotatable bonds is 8. The first kappa shape index (κ1) is 23.9. The third-order valence-corrected chi connectivity index (χ3v) is 8.64. The molecule has 35 heavy (non-hydrogen) atoms. The molecule has 1 aliphatic heterocycles. The van der Waals surface area contributed by atoms with E-state index >= 15 is 0 Å². The number of hydrogen-bond donors (Lipinski definition) is 1. The van der Waals surface area contributed by atoms with Crippen LogP contribution >= 0.6 is 34.7 Å². The molecule has 0 aliphatic carbocycles. The van der Waals surface area contributed by atoms with Gasteiger partial charge in [-0.05, 0) is 62.7 Å². The molecule has 4 aromatic rings. The Morgan fingerprint density at radius 3 is 2.86 bits per heavy atom. The maximum atomic E-state index is 9.73. The van der Waals surface area contributed by atoms with E-state index in [-0.39, 0.29) is 0 Å². The molecule has 1 saturated heterocycles. The van der Waals surface area contributed by atoms with Crippen LogP contribution in [0.2, 0.25) is 5.02 Å². The normalized spacial score (nSPS) is 14.2. The predicted molar refractivity (Wildman–Crippen MR) is 146 cm³/mol.